The Labute approximate surface area is 258 Å². The normalized spacial score (nSPS) is 17.4. The summed E-state index contributed by atoms with van der Waals surface area (Å²) >= 11 is 0. The third-order valence-corrected chi connectivity index (χ3v) is 8.92. The summed E-state index contributed by atoms with van der Waals surface area (Å²) in [4.78, 5) is 4.20. The van der Waals surface area contributed by atoms with Crippen molar-refractivity contribution in [1.29, 1.82) is 0 Å². The van der Waals surface area contributed by atoms with E-state index in [0.29, 0.717) is 36.1 Å². The third kappa shape index (κ3) is 5.78. The molecule has 0 amide bonds. The van der Waals surface area contributed by atoms with Gasteiger partial charge in [0.15, 0.2) is 23.0 Å². The van der Waals surface area contributed by atoms with Crippen LogP contribution < -0.4 is 28.7 Å². The highest BCUT2D eigenvalue weighted by molar-refractivity contribution is 7.33. The Bertz CT molecular complexity index is 1500. The van der Waals surface area contributed by atoms with E-state index in [0.717, 1.165) is 46.5 Å². The first-order chi connectivity index (χ1) is 21.5. The van der Waals surface area contributed by atoms with E-state index in [9.17, 15) is 4.57 Å². The Balaban J connectivity index is 1.37. The van der Waals surface area contributed by atoms with Gasteiger partial charge < -0.3 is 28.7 Å². The molecule has 2 atom stereocenters. The van der Waals surface area contributed by atoms with Crippen molar-refractivity contribution >= 4 is 19.6 Å². The molecule has 0 N–H and O–H groups in total. The van der Waals surface area contributed by atoms with Crippen molar-refractivity contribution in [2.75, 3.05) is 51.3 Å². The van der Waals surface area contributed by atoms with Crippen molar-refractivity contribution < 1.29 is 32.6 Å². The topological polar surface area (TPSA) is 78.9 Å². The van der Waals surface area contributed by atoms with Gasteiger partial charge in [-0.1, -0.05) is 45.4 Å². The van der Waals surface area contributed by atoms with Crippen LogP contribution in [0.1, 0.15) is 34.7 Å². The largest absolute Gasteiger partial charge is 0.702 e. The summed E-state index contributed by atoms with van der Waals surface area (Å²) in [6, 6.07) is 27.7. The van der Waals surface area contributed by atoms with Gasteiger partial charge in [-0.05, 0) is 72.5 Å². The molecule has 10 heteroatoms. The zero-order valence-electron chi connectivity index (χ0n) is 25.3. The van der Waals surface area contributed by atoms with Crippen LogP contribution in [-0.4, -0.2) is 41.5 Å². The fourth-order valence-corrected chi connectivity index (χ4v) is 6.83. The SMILES string of the molecule is COc1cc2c(cc1OC)[C@H](O[P+](=O)O[C@H]1c3cc(OC)c(OC)cc3CCN1c1ccccc1)N(c1ccccc1)CC2. The summed E-state index contributed by atoms with van der Waals surface area (Å²) in [7, 11) is 3.80. The monoisotopic (exact) mass is 615 g/mol. The molecule has 0 bridgehead atoms. The number of benzene rings is 4. The molecule has 0 unspecified atom stereocenters. The molecule has 228 valence electrons. The number of nitrogens with zero attached hydrogens (tertiary/aromatic N) is 2. The van der Waals surface area contributed by atoms with E-state index >= 15 is 0 Å². The summed E-state index contributed by atoms with van der Waals surface area (Å²) in [6.45, 7) is 1.31. The number of fused-ring (bicyclic) bond motifs is 2. The molecule has 0 saturated heterocycles. The number of ether oxygens (including phenoxy) is 4. The van der Waals surface area contributed by atoms with E-state index in [-0.39, 0.29) is 0 Å². The molecule has 6 rings (SSSR count). The van der Waals surface area contributed by atoms with E-state index in [2.05, 4.69) is 9.80 Å². The maximum absolute atomic E-state index is 14.0. The number of rotatable bonds is 10. The standard InChI is InChI=1S/C34H36N2O7P/c1-38-29-19-23-15-17-35(25-11-7-5-8-12-25)33(27(23)21-31(29)40-3)42-44(37)43-34-28-22-32(41-4)30(39-2)20-24(28)16-18-36(34)26-13-9-6-10-14-26/h5-14,19-22,33-34H,15-18H2,1-4H3/q+1/t33-,34-/m0/s1. The van der Waals surface area contributed by atoms with Crippen LogP contribution in [-0.2, 0) is 26.5 Å². The van der Waals surface area contributed by atoms with Gasteiger partial charge >= 0.3 is 8.25 Å². The highest BCUT2D eigenvalue weighted by atomic mass is 31.1. The quantitative estimate of drug-likeness (QED) is 0.172. The van der Waals surface area contributed by atoms with E-state index in [1.807, 2.05) is 84.9 Å². The molecule has 44 heavy (non-hydrogen) atoms. The van der Waals surface area contributed by atoms with Crippen molar-refractivity contribution in [1.82, 2.24) is 0 Å². The van der Waals surface area contributed by atoms with Crippen LogP contribution in [0.4, 0.5) is 11.4 Å². The Morgan fingerprint density at radius 1 is 0.568 bits per heavy atom. The van der Waals surface area contributed by atoms with Gasteiger partial charge in [-0.25, -0.2) is 0 Å². The number of methoxy groups -OCH3 is 4. The summed E-state index contributed by atoms with van der Waals surface area (Å²) in [5.41, 5.74) is 5.67. The van der Waals surface area contributed by atoms with Gasteiger partial charge in [0.05, 0.1) is 28.4 Å². The van der Waals surface area contributed by atoms with E-state index in [1.54, 1.807) is 28.4 Å². The van der Waals surface area contributed by atoms with Crippen molar-refractivity contribution in [3.8, 4) is 23.0 Å². The summed E-state index contributed by atoms with van der Waals surface area (Å²) < 4.78 is 49.2. The van der Waals surface area contributed by atoms with Gasteiger partial charge in [0.2, 0.25) is 12.5 Å². The molecule has 0 fully saturated rings. The second kappa shape index (κ2) is 13.1. The first kappa shape index (κ1) is 29.8. The first-order valence-corrected chi connectivity index (χ1v) is 15.6. The Morgan fingerprint density at radius 3 is 1.30 bits per heavy atom. The predicted molar refractivity (Wildman–Crippen MR) is 169 cm³/mol. The first-order valence-electron chi connectivity index (χ1n) is 14.5. The minimum Gasteiger partial charge on any atom is -0.493 e. The van der Waals surface area contributed by atoms with E-state index in [1.165, 1.54) is 0 Å². The Hall–Kier alpha value is -4.30. The molecule has 0 saturated carbocycles. The predicted octanol–water partition coefficient (Wildman–Crippen LogP) is 7.23. The highest BCUT2D eigenvalue weighted by Crippen LogP contribution is 2.49. The molecular weight excluding hydrogens is 579 g/mol. The zero-order valence-corrected chi connectivity index (χ0v) is 26.2. The average Bonchev–Trinajstić information content (AvgIpc) is 3.08. The van der Waals surface area contributed by atoms with Gasteiger partial charge in [-0.15, -0.1) is 0 Å². The van der Waals surface area contributed by atoms with Crippen LogP contribution in [0.3, 0.4) is 0 Å². The van der Waals surface area contributed by atoms with Gasteiger partial charge in [0, 0.05) is 40.2 Å². The number of hydrogen-bond acceptors (Lipinski definition) is 9. The van der Waals surface area contributed by atoms with Crippen LogP contribution >= 0.6 is 8.25 Å². The van der Waals surface area contributed by atoms with Crippen LogP contribution in [0.15, 0.2) is 84.9 Å². The minimum absolute atomic E-state index is 0.573. The molecule has 0 spiro atoms. The van der Waals surface area contributed by atoms with Crippen molar-refractivity contribution in [3.63, 3.8) is 0 Å². The van der Waals surface area contributed by atoms with Crippen molar-refractivity contribution in [2.24, 2.45) is 0 Å². The lowest BCUT2D eigenvalue weighted by molar-refractivity contribution is 0.119. The van der Waals surface area contributed by atoms with Crippen LogP contribution in [0, 0.1) is 0 Å². The van der Waals surface area contributed by atoms with Crippen LogP contribution in [0.25, 0.3) is 0 Å². The lowest BCUT2D eigenvalue weighted by Gasteiger charge is -2.37. The van der Waals surface area contributed by atoms with Gasteiger partial charge in [-0.3, -0.25) is 0 Å². The van der Waals surface area contributed by atoms with E-state index < -0.39 is 20.7 Å². The van der Waals surface area contributed by atoms with E-state index in [4.69, 9.17) is 28.0 Å². The smallest absolute Gasteiger partial charge is 0.493 e. The number of para-hydroxylation sites is 2. The lowest BCUT2D eigenvalue weighted by Crippen LogP contribution is -2.37. The van der Waals surface area contributed by atoms with Crippen LogP contribution in [0.2, 0.25) is 0 Å². The van der Waals surface area contributed by atoms with Crippen molar-refractivity contribution in [3.05, 3.63) is 107 Å². The molecule has 9 nitrogen and oxygen atoms in total. The van der Waals surface area contributed by atoms with Crippen LogP contribution in [0.5, 0.6) is 23.0 Å². The fourth-order valence-electron chi connectivity index (χ4n) is 6.00. The highest BCUT2D eigenvalue weighted by Gasteiger charge is 2.43. The maximum atomic E-state index is 14.0. The molecule has 2 heterocycles. The molecule has 0 radical (unpaired) electrons. The molecule has 4 aromatic carbocycles. The summed E-state index contributed by atoms with van der Waals surface area (Å²) in [6.07, 6.45) is 0.120. The Morgan fingerprint density at radius 2 is 0.932 bits per heavy atom. The zero-order chi connectivity index (χ0) is 30.6. The fraction of sp³-hybridized carbons (Fsp3) is 0.294. The maximum Gasteiger partial charge on any atom is 0.702 e. The van der Waals surface area contributed by atoms with Gasteiger partial charge in [-0.2, -0.15) is 0 Å². The minimum atomic E-state index is -2.64. The lowest BCUT2D eigenvalue weighted by atomic mass is 9.96. The molecule has 0 aromatic heterocycles. The Kier molecular flexibility index (Phi) is 8.89. The molecular formula is C34H36N2O7P+. The summed E-state index contributed by atoms with van der Waals surface area (Å²) in [5, 5.41) is 0. The second-order valence-electron chi connectivity index (χ2n) is 10.5. The second-order valence-corrected chi connectivity index (χ2v) is 11.4. The van der Waals surface area contributed by atoms with Gasteiger partial charge in [0.25, 0.3) is 0 Å². The third-order valence-electron chi connectivity index (χ3n) is 8.18. The van der Waals surface area contributed by atoms with Crippen molar-refractivity contribution in [2.45, 2.75) is 25.3 Å². The molecule has 4 aromatic rings. The average molecular weight is 616 g/mol. The number of anilines is 2. The van der Waals surface area contributed by atoms with Gasteiger partial charge in [0.1, 0.15) is 0 Å². The molecule has 2 aliphatic heterocycles. The molecule has 0 aliphatic carbocycles. The number of hydrogen-bond donors (Lipinski definition) is 0. The molecule has 2 aliphatic rings. The summed E-state index contributed by atoms with van der Waals surface area (Å²) in [5.74, 6) is 2.42.